The van der Waals surface area contributed by atoms with Gasteiger partial charge >= 0.3 is 5.97 Å². The number of ketones is 1. The maximum absolute atomic E-state index is 13.8. The number of pyridine rings is 1. The Morgan fingerprint density at radius 2 is 1.84 bits per heavy atom. The van der Waals surface area contributed by atoms with Crippen molar-refractivity contribution in [3.63, 3.8) is 0 Å². The summed E-state index contributed by atoms with van der Waals surface area (Å²) in [5, 5.41) is 12.1. The highest BCUT2D eigenvalue weighted by Gasteiger charge is 2.78. The number of fused-ring (bicyclic) bond motifs is 3. The maximum Gasteiger partial charge on any atom is 0.317 e. The first-order valence-corrected chi connectivity index (χ1v) is 10.5. The molecule has 7 heteroatoms. The number of ether oxygens (including phenoxy) is 2. The molecule has 3 aromatic rings. The van der Waals surface area contributed by atoms with Crippen LogP contribution in [0, 0.1) is 5.92 Å². The lowest BCUT2D eigenvalue weighted by Gasteiger charge is -2.39. The first kappa shape index (κ1) is 19.9. The van der Waals surface area contributed by atoms with Crippen molar-refractivity contribution in [2.45, 2.75) is 17.1 Å². The molecule has 0 bridgehead atoms. The summed E-state index contributed by atoms with van der Waals surface area (Å²) in [6, 6.07) is 17.9. The largest absolute Gasteiger partial charge is 0.476 e. The minimum absolute atomic E-state index is 0.294. The van der Waals surface area contributed by atoms with E-state index in [0.29, 0.717) is 22.4 Å². The summed E-state index contributed by atoms with van der Waals surface area (Å²) in [5.74, 6) is -3.13. The fourth-order valence-electron chi connectivity index (χ4n) is 5.03. The molecule has 1 saturated carbocycles. The van der Waals surface area contributed by atoms with E-state index >= 15 is 0 Å². The Hall–Kier alpha value is -3.03. The van der Waals surface area contributed by atoms with Crippen LogP contribution >= 0.6 is 15.9 Å². The number of hydrogen-bond donors (Lipinski definition) is 1. The van der Waals surface area contributed by atoms with Crippen LogP contribution in [0.15, 0.2) is 77.5 Å². The topological polar surface area (TPSA) is 85.7 Å². The van der Waals surface area contributed by atoms with Crippen LogP contribution in [0.4, 0.5) is 0 Å². The minimum atomic E-state index is -2.10. The molecule has 1 fully saturated rings. The molecule has 0 unspecified atom stereocenters. The Kier molecular flexibility index (Phi) is 4.50. The number of rotatable bonds is 3. The fraction of sp³-hybridized carbons (Fsp3) is 0.208. The van der Waals surface area contributed by atoms with Gasteiger partial charge in [-0.1, -0.05) is 58.4 Å². The van der Waals surface area contributed by atoms with E-state index in [4.69, 9.17) is 9.47 Å². The van der Waals surface area contributed by atoms with Crippen molar-refractivity contribution in [3.8, 4) is 5.75 Å². The molecule has 2 aliphatic rings. The molecule has 156 valence electrons. The van der Waals surface area contributed by atoms with E-state index in [2.05, 4.69) is 20.9 Å². The number of benzene rings is 2. The molecule has 0 radical (unpaired) electrons. The van der Waals surface area contributed by atoms with Crippen LogP contribution in [0.5, 0.6) is 5.75 Å². The zero-order valence-electron chi connectivity index (χ0n) is 16.5. The van der Waals surface area contributed by atoms with Crippen LogP contribution in [0.3, 0.4) is 0 Å². The van der Waals surface area contributed by atoms with Crippen molar-refractivity contribution in [3.05, 3.63) is 94.2 Å². The molecular formula is C24H18BrNO5. The number of carbonyl (C=O) groups is 2. The summed E-state index contributed by atoms with van der Waals surface area (Å²) in [7, 11) is 1.24. The van der Waals surface area contributed by atoms with Crippen molar-refractivity contribution in [1.29, 1.82) is 0 Å². The number of esters is 1. The van der Waals surface area contributed by atoms with E-state index in [1.165, 1.54) is 19.5 Å². The second-order valence-corrected chi connectivity index (χ2v) is 8.60. The van der Waals surface area contributed by atoms with Gasteiger partial charge in [-0.05, 0) is 29.3 Å². The lowest BCUT2D eigenvalue weighted by atomic mass is 9.71. The molecule has 5 rings (SSSR count). The predicted octanol–water partition coefficient (Wildman–Crippen LogP) is 3.48. The molecule has 1 aliphatic heterocycles. The van der Waals surface area contributed by atoms with Crippen LogP contribution in [-0.4, -0.2) is 29.0 Å². The molecule has 2 aromatic carbocycles. The average molecular weight is 480 g/mol. The SMILES string of the molecule is COC(=O)[C@H]1C(=O)[C@@]2(O)c3ccncc3O[C@@]2(c2ccc(Br)cc2)[C@@H]1c1ccccc1. The quantitative estimate of drug-likeness (QED) is 0.457. The van der Waals surface area contributed by atoms with Crippen LogP contribution in [0.2, 0.25) is 0 Å². The van der Waals surface area contributed by atoms with E-state index in [-0.39, 0.29) is 0 Å². The third kappa shape index (κ3) is 2.50. The van der Waals surface area contributed by atoms with Gasteiger partial charge in [0.05, 0.1) is 19.2 Å². The standard InChI is InChI=1S/C24H18BrNO5/c1-30-22(28)19-20(14-5-3-2-4-6-14)24(15-7-9-16(25)10-8-15)23(29,21(19)27)17-11-12-26-13-18(17)31-24/h2-13,19-20,29H,1H3/t19-,20-,23+,24+/m1/s1. The predicted molar refractivity (Wildman–Crippen MR) is 114 cm³/mol. The summed E-state index contributed by atoms with van der Waals surface area (Å²) < 4.78 is 12.3. The smallest absolute Gasteiger partial charge is 0.317 e. The molecule has 31 heavy (non-hydrogen) atoms. The van der Waals surface area contributed by atoms with E-state index in [1.807, 2.05) is 42.5 Å². The minimum Gasteiger partial charge on any atom is -0.476 e. The number of aromatic nitrogens is 1. The van der Waals surface area contributed by atoms with Gasteiger partial charge in [-0.25, -0.2) is 0 Å². The Labute approximate surface area is 187 Å². The summed E-state index contributed by atoms with van der Waals surface area (Å²) in [6.45, 7) is 0. The van der Waals surface area contributed by atoms with Crippen LogP contribution < -0.4 is 4.74 Å². The molecule has 1 N–H and O–H groups in total. The fourth-order valence-corrected chi connectivity index (χ4v) is 5.29. The van der Waals surface area contributed by atoms with Crippen LogP contribution in [0.1, 0.15) is 22.6 Å². The van der Waals surface area contributed by atoms with Gasteiger partial charge in [-0.15, -0.1) is 0 Å². The average Bonchev–Trinajstić information content (AvgIpc) is 3.18. The van der Waals surface area contributed by atoms with Crippen molar-refractivity contribution < 1.29 is 24.2 Å². The second kappa shape index (κ2) is 7.00. The molecular weight excluding hydrogens is 462 g/mol. The van der Waals surface area contributed by atoms with Gasteiger partial charge in [-0.3, -0.25) is 14.6 Å². The van der Waals surface area contributed by atoms with Gasteiger partial charge < -0.3 is 14.6 Å². The molecule has 1 aromatic heterocycles. The first-order chi connectivity index (χ1) is 14.9. The molecule has 0 saturated heterocycles. The lowest BCUT2D eigenvalue weighted by Crippen LogP contribution is -2.50. The molecule has 2 heterocycles. The third-order valence-electron chi connectivity index (χ3n) is 6.28. The van der Waals surface area contributed by atoms with Crippen molar-refractivity contribution >= 4 is 27.7 Å². The van der Waals surface area contributed by atoms with E-state index in [0.717, 1.165) is 4.47 Å². The zero-order chi connectivity index (χ0) is 21.8. The normalized spacial score (nSPS) is 28.5. The highest BCUT2D eigenvalue weighted by Crippen LogP contribution is 2.66. The number of Topliss-reactive ketones (excluding diaryl/α,β-unsaturated/α-hetero) is 1. The highest BCUT2D eigenvalue weighted by atomic mass is 79.9. The Morgan fingerprint density at radius 3 is 2.52 bits per heavy atom. The summed E-state index contributed by atoms with van der Waals surface area (Å²) >= 11 is 3.43. The van der Waals surface area contributed by atoms with Crippen LogP contribution in [-0.2, 0) is 25.5 Å². The number of hydrogen-bond acceptors (Lipinski definition) is 6. The maximum atomic E-state index is 13.8. The Bertz CT molecular complexity index is 1180. The number of aliphatic hydroxyl groups is 1. The first-order valence-electron chi connectivity index (χ1n) is 9.74. The van der Waals surface area contributed by atoms with Gasteiger partial charge in [0.15, 0.2) is 17.0 Å². The van der Waals surface area contributed by atoms with E-state index < -0.39 is 34.8 Å². The van der Waals surface area contributed by atoms with Gasteiger partial charge in [0, 0.05) is 16.2 Å². The second-order valence-electron chi connectivity index (χ2n) is 7.68. The van der Waals surface area contributed by atoms with Crippen molar-refractivity contribution in [2.75, 3.05) is 7.11 Å². The molecule has 0 spiro atoms. The number of methoxy groups -OCH3 is 1. The summed E-state index contributed by atoms with van der Waals surface area (Å²) in [6.07, 6.45) is 2.98. The van der Waals surface area contributed by atoms with Gasteiger partial charge in [-0.2, -0.15) is 0 Å². The third-order valence-corrected chi connectivity index (χ3v) is 6.81. The molecule has 1 aliphatic carbocycles. The Balaban J connectivity index is 1.88. The summed E-state index contributed by atoms with van der Waals surface area (Å²) in [5.41, 5.74) is -2.12. The van der Waals surface area contributed by atoms with E-state index in [9.17, 15) is 14.7 Å². The van der Waals surface area contributed by atoms with Crippen LogP contribution in [0.25, 0.3) is 0 Å². The summed E-state index contributed by atoms with van der Waals surface area (Å²) in [4.78, 5) is 30.8. The lowest BCUT2D eigenvalue weighted by molar-refractivity contribution is -0.155. The molecule has 0 amide bonds. The van der Waals surface area contributed by atoms with Crippen molar-refractivity contribution in [1.82, 2.24) is 4.98 Å². The van der Waals surface area contributed by atoms with Gasteiger partial charge in [0.25, 0.3) is 0 Å². The monoisotopic (exact) mass is 479 g/mol. The number of halogens is 1. The number of nitrogens with zero attached hydrogens (tertiary/aromatic N) is 1. The number of carbonyl (C=O) groups excluding carboxylic acids is 2. The molecule has 6 nitrogen and oxygen atoms in total. The van der Waals surface area contributed by atoms with E-state index in [1.54, 1.807) is 18.2 Å². The van der Waals surface area contributed by atoms with Gasteiger partial charge in [0.1, 0.15) is 11.7 Å². The zero-order valence-corrected chi connectivity index (χ0v) is 18.1. The van der Waals surface area contributed by atoms with Crippen molar-refractivity contribution in [2.24, 2.45) is 5.92 Å². The van der Waals surface area contributed by atoms with Gasteiger partial charge in [0.2, 0.25) is 0 Å². The Morgan fingerprint density at radius 1 is 1.13 bits per heavy atom. The molecule has 4 atom stereocenters. The highest BCUT2D eigenvalue weighted by molar-refractivity contribution is 9.10.